The molecule has 0 radical (unpaired) electrons. The van der Waals surface area contributed by atoms with Gasteiger partial charge in [0.1, 0.15) is 6.34 Å². The molecule has 1 heterocycles. The Morgan fingerprint density at radius 2 is 1.54 bits per heavy atom. The van der Waals surface area contributed by atoms with E-state index in [1.807, 2.05) is 0 Å². The summed E-state index contributed by atoms with van der Waals surface area (Å²) in [5.74, 6) is -0.133. The maximum absolute atomic E-state index is 11.6. The van der Waals surface area contributed by atoms with E-state index in [1.54, 1.807) is 6.34 Å². The molecule has 26 heavy (non-hydrogen) atoms. The van der Waals surface area contributed by atoms with E-state index in [2.05, 4.69) is 24.1 Å². The third-order valence-corrected chi connectivity index (χ3v) is 4.52. The molecule has 0 aromatic rings. The predicted molar refractivity (Wildman–Crippen MR) is 113 cm³/mol. The first-order chi connectivity index (χ1) is 12.3. The maximum atomic E-state index is 11.6. The van der Waals surface area contributed by atoms with E-state index >= 15 is 0 Å². The van der Waals surface area contributed by atoms with Crippen LogP contribution in [-0.2, 0) is 9.63 Å². The van der Waals surface area contributed by atoms with Gasteiger partial charge in [0, 0.05) is 6.42 Å². The minimum atomic E-state index is -0.133. The number of carbonyl (C=O) groups is 1. The van der Waals surface area contributed by atoms with Gasteiger partial charge in [0.25, 0.3) is 0 Å². The van der Waals surface area contributed by atoms with Gasteiger partial charge >= 0.3 is 35.5 Å². The first-order valence-electron chi connectivity index (χ1n) is 10.5. The fraction of sp³-hybridized carbons (Fsp3) is 0.810. The molecule has 0 aliphatic carbocycles. The van der Waals surface area contributed by atoms with Crippen LogP contribution in [0.2, 0.25) is 0 Å². The van der Waals surface area contributed by atoms with Gasteiger partial charge in [0.2, 0.25) is 0 Å². The van der Waals surface area contributed by atoms with E-state index in [1.165, 1.54) is 75.7 Å². The van der Waals surface area contributed by atoms with Crippen LogP contribution in [0.5, 0.6) is 0 Å². The van der Waals surface area contributed by atoms with Crippen molar-refractivity contribution in [3.8, 4) is 0 Å². The number of nitrogens with zero attached hydrogens (tertiary/aromatic N) is 2. The number of hydrogen-bond donors (Lipinski definition) is 0. The van der Waals surface area contributed by atoms with Crippen molar-refractivity contribution in [2.45, 2.75) is 96.8 Å². The average molecular weight is 375 g/mol. The standard InChI is InChI=1S/C21H38N2O2.Na.H/c1-2-3-4-5-6-7-8-9-10-11-12-13-14-15-16-17-21(24)25-23-19-18-22-20-23;;/h9-10,20H,2-8,11-19H2,1H3;;/b10-9-;;. The molecule has 0 amide bonds. The molecule has 0 fully saturated rings. The van der Waals surface area contributed by atoms with Gasteiger partial charge in [0.15, 0.2) is 0 Å². The first kappa shape index (κ1) is 25.7. The topological polar surface area (TPSA) is 41.9 Å². The van der Waals surface area contributed by atoms with Crippen molar-refractivity contribution in [3.63, 3.8) is 0 Å². The molecule has 0 saturated carbocycles. The molecule has 1 rings (SSSR count). The summed E-state index contributed by atoms with van der Waals surface area (Å²) in [5, 5.41) is 1.53. The number of hydrogen-bond acceptors (Lipinski definition) is 4. The van der Waals surface area contributed by atoms with Crippen molar-refractivity contribution >= 4 is 41.9 Å². The zero-order valence-electron chi connectivity index (χ0n) is 16.3. The minimum absolute atomic E-state index is 0. The van der Waals surface area contributed by atoms with Gasteiger partial charge in [-0.15, -0.1) is 0 Å². The van der Waals surface area contributed by atoms with Crippen LogP contribution in [-0.4, -0.2) is 60.0 Å². The van der Waals surface area contributed by atoms with Crippen molar-refractivity contribution in [1.82, 2.24) is 5.06 Å². The molecule has 0 spiro atoms. The van der Waals surface area contributed by atoms with E-state index in [4.69, 9.17) is 4.84 Å². The molecule has 146 valence electrons. The Kier molecular flexibility index (Phi) is 19.2. The van der Waals surface area contributed by atoms with Crippen LogP contribution >= 0.6 is 0 Å². The summed E-state index contributed by atoms with van der Waals surface area (Å²) in [6.45, 7) is 3.68. The van der Waals surface area contributed by atoms with Crippen LogP contribution in [0, 0.1) is 0 Å². The van der Waals surface area contributed by atoms with Gasteiger partial charge in [-0.05, 0) is 32.1 Å². The molecule has 0 bridgehead atoms. The van der Waals surface area contributed by atoms with E-state index in [9.17, 15) is 4.79 Å². The van der Waals surface area contributed by atoms with E-state index < -0.39 is 0 Å². The van der Waals surface area contributed by atoms with Crippen molar-refractivity contribution in [2.24, 2.45) is 4.99 Å². The molecule has 4 nitrogen and oxygen atoms in total. The Morgan fingerprint density at radius 1 is 0.962 bits per heavy atom. The Morgan fingerprint density at radius 3 is 2.12 bits per heavy atom. The zero-order valence-corrected chi connectivity index (χ0v) is 16.3. The summed E-state index contributed by atoms with van der Waals surface area (Å²) in [5.41, 5.74) is 0. The van der Waals surface area contributed by atoms with Gasteiger partial charge < -0.3 is 4.84 Å². The Hall–Kier alpha value is -0.320. The van der Waals surface area contributed by atoms with Gasteiger partial charge in [-0.3, -0.25) is 4.99 Å². The second-order valence-electron chi connectivity index (χ2n) is 6.96. The Labute approximate surface area is 183 Å². The van der Waals surface area contributed by atoms with Crippen LogP contribution in [0.25, 0.3) is 0 Å². The Balaban J connectivity index is 0.00000625. The molecule has 0 unspecified atom stereocenters. The van der Waals surface area contributed by atoms with Crippen LogP contribution in [0.3, 0.4) is 0 Å². The molecule has 1 aliphatic heterocycles. The molecule has 1 aliphatic rings. The molecule has 0 atom stereocenters. The fourth-order valence-corrected chi connectivity index (χ4v) is 2.95. The van der Waals surface area contributed by atoms with Crippen molar-refractivity contribution in [3.05, 3.63) is 12.2 Å². The fourth-order valence-electron chi connectivity index (χ4n) is 2.95. The number of hydroxylamine groups is 2. The molecular formula is C21H39N2NaO2. The van der Waals surface area contributed by atoms with Crippen LogP contribution in [0.4, 0.5) is 0 Å². The van der Waals surface area contributed by atoms with Gasteiger partial charge in [0.05, 0.1) is 13.1 Å². The summed E-state index contributed by atoms with van der Waals surface area (Å²) in [6, 6.07) is 0. The van der Waals surface area contributed by atoms with Crippen molar-refractivity contribution in [2.75, 3.05) is 13.1 Å². The van der Waals surface area contributed by atoms with E-state index in [0.29, 0.717) is 13.0 Å². The van der Waals surface area contributed by atoms with Crippen LogP contribution in [0.15, 0.2) is 17.1 Å². The third-order valence-electron chi connectivity index (χ3n) is 4.52. The van der Waals surface area contributed by atoms with E-state index in [-0.39, 0.29) is 35.5 Å². The second kappa shape index (κ2) is 19.4. The first-order valence-corrected chi connectivity index (χ1v) is 10.5. The van der Waals surface area contributed by atoms with Crippen molar-refractivity contribution in [1.29, 1.82) is 0 Å². The molecule has 0 N–H and O–H groups in total. The molecule has 0 aromatic carbocycles. The van der Waals surface area contributed by atoms with Gasteiger partial charge in [-0.2, -0.15) is 5.06 Å². The number of aliphatic imine (C=N–C) groups is 1. The quantitative estimate of drug-likeness (QED) is 0.212. The molecule has 5 heteroatoms. The number of allylic oxidation sites excluding steroid dienone is 2. The number of rotatable bonds is 16. The van der Waals surface area contributed by atoms with E-state index in [0.717, 1.165) is 19.4 Å². The summed E-state index contributed by atoms with van der Waals surface area (Å²) in [7, 11) is 0. The monoisotopic (exact) mass is 374 g/mol. The predicted octanol–water partition coefficient (Wildman–Crippen LogP) is 5.18. The summed E-state index contributed by atoms with van der Waals surface area (Å²) >= 11 is 0. The Bertz CT molecular complexity index is 386. The normalized spacial score (nSPS) is 13.3. The summed E-state index contributed by atoms with van der Waals surface area (Å²) in [4.78, 5) is 20.8. The van der Waals surface area contributed by atoms with Crippen LogP contribution in [0.1, 0.15) is 96.8 Å². The molecule has 0 saturated heterocycles. The summed E-state index contributed by atoms with van der Waals surface area (Å²) in [6.07, 6.45) is 23.3. The zero-order chi connectivity index (χ0) is 18.0. The molecular weight excluding hydrogens is 335 g/mol. The van der Waals surface area contributed by atoms with Crippen molar-refractivity contribution < 1.29 is 9.63 Å². The third kappa shape index (κ3) is 15.9. The van der Waals surface area contributed by atoms with Gasteiger partial charge in [-0.1, -0.05) is 70.4 Å². The van der Waals surface area contributed by atoms with Gasteiger partial charge in [-0.25, -0.2) is 4.79 Å². The molecule has 0 aromatic heterocycles. The SMILES string of the molecule is CCCCCCCC/C=C\CCCCCCCC(=O)ON1C=NCC1.[NaH]. The number of carbonyl (C=O) groups excluding carboxylic acids is 1. The number of unbranched alkanes of at least 4 members (excludes halogenated alkanes) is 11. The second-order valence-corrected chi connectivity index (χ2v) is 6.96. The summed E-state index contributed by atoms with van der Waals surface area (Å²) < 4.78 is 0. The average Bonchev–Trinajstić information content (AvgIpc) is 3.11. The van der Waals surface area contributed by atoms with Crippen LogP contribution < -0.4 is 0 Å².